The van der Waals surface area contributed by atoms with Crippen molar-refractivity contribution in [3.05, 3.63) is 47.8 Å². The van der Waals surface area contributed by atoms with Gasteiger partial charge in [-0.05, 0) is 44.5 Å². The fraction of sp³-hybridized carbons (Fsp3) is 0.353. The molecule has 2 aromatic rings. The zero-order valence-electron chi connectivity index (χ0n) is 13.5. The Kier molecular flexibility index (Phi) is 6.11. The van der Waals surface area contributed by atoms with Crippen LogP contribution in [0.15, 0.2) is 36.5 Å². The number of halogens is 1. The number of hydrogen-bond acceptors (Lipinski definition) is 4. The second kappa shape index (κ2) is 8.08. The summed E-state index contributed by atoms with van der Waals surface area (Å²) >= 11 is 0. The standard InChI is InChI=1S/C17H20N4O2.ClH/c1-12(22)13-4-2-5-14(10-13)19-17(23)16-7-9-21(20-16)15-6-3-8-18-11-15;/h2,4-5,7,9-10,15,18H,3,6,8,11H2,1H3,(H,19,23);1H. The lowest BCUT2D eigenvalue weighted by Gasteiger charge is -2.22. The minimum Gasteiger partial charge on any atom is -0.321 e. The van der Waals surface area contributed by atoms with Crippen molar-refractivity contribution in [1.82, 2.24) is 15.1 Å². The number of hydrogen-bond donors (Lipinski definition) is 2. The first-order chi connectivity index (χ1) is 11.1. The van der Waals surface area contributed by atoms with E-state index in [1.54, 1.807) is 30.3 Å². The molecule has 1 aliphatic rings. The first-order valence-electron chi connectivity index (χ1n) is 7.82. The van der Waals surface area contributed by atoms with Crippen molar-refractivity contribution < 1.29 is 9.59 Å². The van der Waals surface area contributed by atoms with Crippen LogP contribution in [-0.2, 0) is 0 Å². The number of Topliss-reactive ketones (excluding diaryl/α,β-unsaturated/α-hetero) is 1. The predicted octanol–water partition coefficient (Wildman–Crippen LogP) is 2.68. The van der Waals surface area contributed by atoms with E-state index >= 15 is 0 Å². The minimum absolute atomic E-state index is 0. The quantitative estimate of drug-likeness (QED) is 0.833. The molecule has 1 unspecified atom stereocenters. The Labute approximate surface area is 147 Å². The number of carbonyl (C=O) groups excluding carboxylic acids is 2. The normalized spacial score (nSPS) is 17.0. The summed E-state index contributed by atoms with van der Waals surface area (Å²) in [5, 5.41) is 10.5. The first kappa shape index (κ1) is 18.2. The first-order valence-corrected chi connectivity index (χ1v) is 7.82. The van der Waals surface area contributed by atoms with Crippen molar-refractivity contribution in [2.24, 2.45) is 0 Å². The Morgan fingerprint density at radius 3 is 2.88 bits per heavy atom. The van der Waals surface area contributed by atoms with E-state index in [4.69, 9.17) is 0 Å². The summed E-state index contributed by atoms with van der Waals surface area (Å²) < 4.78 is 1.85. The second-order valence-electron chi connectivity index (χ2n) is 5.77. The molecule has 0 bridgehead atoms. The topological polar surface area (TPSA) is 76.0 Å². The maximum absolute atomic E-state index is 12.3. The number of rotatable bonds is 4. The van der Waals surface area contributed by atoms with Gasteiger partial charge in [0, 0.05) is 24.0 Å². The average Bonchev–Trinajstić information content (AvgIpc) is 3.06. The Morgan fingerprint density at radius 2 is 2.17 bits per heavy atom. The van der Waals surface area contributed by atoms with Gasteiger partial charge in [0.15, 0.2) is 11.5 Å². The predicted molar refractivity (Wildman–Crippen MR) is 95.0 cm³/mol. The molecule has 0 radical (unpaired) electrons. The van der Waals surface area contributed by atoms with E-state index in [1.807, 2.05) is 10.9 Å². The monoisotopic (exact) mass is 348 g/mol. The second-order valence-corrected chi connectivity index (χ2v) is 5.77. The summed E-state index contributed by atoms with van der Waals surface area (Å²) in [7, 11) is 0. The fourth-order valence-electron chi connectivity index (χ4n) is 2.73. The summed E-state index contributed by atoms with van der Waals surface area (Å²) in [4.78, 5) is 23.7. The number of nitrogens with zero attached hydrogens (tertiary/aromatic N) is 2. The van der Waals surface area contributed by atoms with Gasteiger partial charge in [-0.3, -0.25) is 14.3 Å². The molecule has 0 spiro atoms. The van der Waals surface area contributed by atoms with Crippen molar-refractivity contribution in [1.29, 1.82) is 0 Å². The van der Waals surface area contributed by atoms with Gasteiger partial charge < -0.3 is 10.6 Å². The number of ketones is 1. The molecule has 1 atom stereocenters. The molecule has 1 amide bonds. The summed E-state index contributed by atoms with van der Waals surface area (Å²) in [5.74, 6) is -0.302. The third kappa shape index (κ3) is 4.21. The fourth-order valence-corrected chi connectivity index (χ4v) is 2.73. The van der Waals surface area contributed by atoms with Gasteiger partial charge in [-0.15, -0.1) is 12.4 Å². The molecule has 3 rings (SSSR count). The molecule has 2 N–H and O–H groups in total. The van der Waals surface area contributed by atoms with Crippen LogP contribution < -0.4 is 10.6 Å². The van der Waals surface area contributed by atoms with E-state index in [1.165, 1.54) is 6.92 Å². The van der Waals surface area contributed by atoms with Crippen LogP contribution in [0, 0.1) is 0 Å². The molecule has 128 valence electrons. The molecule has 7 heteroatoms. The highest BCUT2D eigenvalue weighted by Crippen LogP contribution is 2.17. The van der Waals surface area contributed by atoms with Crippen LogP contribution in [0.2, 0.25) is 0 Å². The molecular weight excluding hydrogens is 328 g/mol. The van der Waals surface area contributed by atoms with Crippen LogP contribution in [0.4, 0.5) is 5.69 Å². The highest BCUT2D eigenvalue weighted by Gasteiger charge is 2.17. The van der Waals surface area contributed by atoms with Gasteiger partial charge in [-0.2, -0.15) is 5.10 Å². The Bertz CT molecular complexity index is 723. The average molecular weight is 349 g/mol. The van der Waals surface area contributed by atoms with Crippen LogP contribution in [0.1, 0.15) is 46.7 Å². The number of aromatic nitrogens is 2. The zero-order valence-corrected chi connectivity index (χ0v) is 14.3. The lowest BCUT2D eigenvalue weighted by molar-refractivity contribution is 0.100. The highest BCUT2D eigenvalue weighted by atomic mass is 35.5. The smallest absolute Gasteiger partial charge is 0.276 e. The number of piperidine rings is 1. The van der Waals surface area contributed by atoms with Crippen LogP contribution in [0.3, 0.4) is 0 Å². The third-order valence-electron chi connectivity index (χ3n) is 4.01. The number of amides is 1. The number of nitrogens with one attached hydrogen (secondary N) is 2. The molecule has 0 aliphatic carbocycles. The lowest BCUT2D eigenvalue weighted by Crippen LogP contribution is -2.32. The van der Waals surface area contributed by atoms with Gasteiger partial charge in [0.05, 0.1) is 6.04 Å². The van der Waals surface area contributed by atoms with E-state index in [-0.39, 0.29) is 24.1 Å². The molecular formula is C17H21ClN4O2. The van der Waals surface area contributed by atoms with Crippen molar-refractivity contribution in [2.75, 3.05) is 18.4 Å². The molecule has 1 saturated heterocycles. The SMILES string of the molecule is CC(=O)c1cccc(NC(=O)c2ccn(C3CCCNC3)n2)c1.Cl. The number of anilines is 1. The lowest BCUT2D eigenvalue weighted by atomic mass is 10.1. The zero-order chi connectivity index (χ0) is 16.2. The minimum atomic E-state index is -0.270. The van der Waals surface area contributed by atoms with Crippen LogP contribution in [-0.4, -0.2) is 34.6 Å². The van der Waals surface area contributed by atoms with Crippen LogP contribution in [0.25, 0.3) is 0 Å². The molecule has 1 aromatic carbocycles. The molecule has 24 heavy (non-hydrogen) atoms. The van der Waals surface area contributed by atoms with E-state index in [0.717, 1.165) is 25.9 Å². The summed E-state index contributed by atoms with van der Waals surface area (Å²) in [5.41, 5.74) is 1.54. The molecule has 1 aliphatic heterocycles. The van der Waals surface area contributed by atoms with Gasteiger partial charge in [-0.25, -0.2) is 0 Å². The molecule has 0 saturated carbocycles. The summed E-state index contributed by atoms with van der Waals surface area (Å²) in [6, 6.07) is 8.92. The summed E-state index contributed by atoms with van der Waals surface area (Å²) in [6.45, 7) is 3.42. The third-order valence-corrected chi connectivity index (χ3v) is 4.01. The largest absolute Gasteiger partial charge is 0.321 e. The maximum atomic E-state index is 12.3. The van der Waals surface area contributed by atoms with Gasteiger partial charge in [0.25, 0.3) is 5.91 Å². The van der Waals surface area contributed by atoms with Gasteiger partial charge in [0.2, 0.25) is 0 Å². The van der Waals surface area contributed by atoms with Crippen molar-refractivity contribution in [3.63, 3.8) is 0 Å². The van der Waals surface area contributed by atoms with Crippen molar-refractivity contribution in [2.45, 2.75) is 25.8 Å². The van der Waals surface area contributed by atoms with Gasteiger partial charge >= 0.3 is 0 Å². The maximum Gasteiger partial charge on any atom is 0.276 e. The van der Waals surface area contributed by atoms with Gasteiger partial charge in [-0.1, -0.05) is 12.1 Å². The highest BCUT2D eigenvalue weighted by molar-refractivity contribution is 6.03. The van der Waals surface area contributed by atoms with E-state index in [2.05, 4.69) is 15.7 Å². The number of carbonyl (C=O) groups is 2. The van der Waals surface area contributed by atoms with Crippen molar-refractivity contribution >= 4 is 29.8 Å². The van der Waals surface area contributed by atoms with E-state index < -0.39 is 0 Å². The Morgan fingerprint density at radius 1 is 1.33 bits per heavy atom. The Hall–Kier alpha value is -2.18. The molecule has 2 heterocycles. The molecule has 1 aromatic heterocycles. The van der Waals surface area contributed by atoms with E-state index in [9.17, 15) is 9.59 Å². The van der Waals surface area contributed by atoms with Crippen molar-refractivity contribution in [3.8, 4) is 0 Å². The number of benzene rings is 1. The molecule has 1 fully saturated rings. The van der Waals surface area contributed by atoms with Crippen LogP contribution >= 0.6 is 12.4 Å². The summed E-state index contributed by atoms with van der Waals surface area (Å²) in [6.07, 6.45) is 4.03. The Balaban J connectivity index is 0.00000208. The van der Waals surface area contributed by atoms with E-state index in [0.29, 0.717) is 23.0 Å². The van der Waals surface area contributed by atoms with Crippen LogP contribution in [0.5, 0.6) is 0 Å². The van der Waals surface area contributed by atoms with Gasteiger partial charge in [0.1, 0.15) is 0 Å². The molecule has 6 nitrogen and oxygen atoms in total.